The Hall–Kier alpha value is -4.70. The molecule has 0 aliphatic carbocycles. The molecule has 0 spiro atoms. The average Bonchev–Trinajstić information content (AvgIpc) is 3.62. The molecule has 3 aliphatic rings. The molecule has 3 N–H and O–H groups in total. The van der Waals surface area contributed by atoms with Gasteiger partial charge in [-0.2, -0.15) is 4.98 Å². The molecule has 0 radical (unpaired) electrons. The Morgan fingerprint density at radius 2 is 1.74 bits per heavy atom. The molecule has 2 fully saturated rings. The van der Waals surface area contributed by atoms with Gasteiger partial charge in [0.2, 0.25) is 17.8 Å². The van der Waals surface area contributed by atoms with Crippen LogP contribution in [0.4, 0.5) is 28.8 Å². The number of hydrogen-bond donors (Lipinski definition) is 3. The Morgan fingerprint density at radius 3 is 2.49 bits per heavy atom. The van der Waals surface area contributed by atoms with Gasteiger partial charge in [-0.1, -0.05) is 36.2 Å². The fourth-order valence-corrected chi connectivity index (χ4v) is 10.6. The molecule has 0 bridgehead atoms. The highest BCUT2D eigenvalue weighted by Gasteiger charge is 2.40. The summed E-state index contributed by atoms with van der Waals surface area (Å²) in [6.07, 6.45) is 7.52. The van der Waals surface area contributed by atoms with Crippen molar-refractivity contribution in [3.05, 3.63) is 83.0 Å². The molecule has 1 aromatic heterocycles. The van der Waals surface area contributed by atoms with Crippen molar-refractivity contribution in [3.8, 4) is 5.75 Å². The number of benzene rings is 3. The number of aromatic nitrogens is 2. The van der Waals surface area contributed by atoms with Crippen molar-refractivity contribution >= 4 is 82.8 Å². The molecule has 18 heteroatoms. The summed E-state index contributed by atoms with van der Waals surface area (Å²) in [5.41, 5.74) is 3.89. The minimum absolute atomic E-state index is 0.133. The summed E-state index contributed by atoms with van der Waals surface area (Å²) in [6.45, 7) is 3.31. The Kier molecular flexibility index (Phi) is 14.5. The summed E-state index contributed by atoms with van der Waals surface area (Å²) in [5, 5.41) is 9.40. The van der Waals surface area contributed by atoms with Gasteiger partial charge in [0.15, 0.2) is 5.82 Å². The molecule has 4 aromatic rings. The van der Waals surface area contributed by atoms with Crippen LogP contribution in [0, 0.1) is 0 Å². The quantitative estimate of drug-likeness (QED) is 0.0392. The van der Waals surface area contributed by atoms with Crippen LogP contribution in [0.3, 0.4) is 0 Å². The summed E-state index contributed by atoms with van der Waals surface area (Å²) in [5.74, 6) is 1.40. The highest BCUT2D eigenvalue weighted by molar-refractivity contribution is 7.99. The van der Waals surface area contributed by atoms with E-state index in [1.165, 1.54) is 20.4 Å². The lowest BCUT2D eigenvalue weighted by Gasteiger charge is -2.38. The van der Waals surface area contributed by atoms with Gasteiger partial charge in [0.1, 0.15) is 16.8 Å². The molecule has 7 rings (SSSR count). The summed E-state index contributed by atoms with van der Waals surface area (Å²) in [6, 6.07) is 18.7. The summed E-state index contributed by atoms with van der Waals surface area (Å²) in [7, 11) is 2.97. The third kappa shape index (κ3) is 10.2. The van der Waals surface area contributed by atoms with Gasteiger partial charge in [0.25, 0.3) is 5.91 Å². The van der Waals surface area contributed by atoms with E-state index in [1.54, 1.807) is 48.0 Å². The highest BCUT2D eigenvalue weighted by atomic mass is 35.5. The highest BCUT2D eigenvalue weighted by Crippen LogP contribution is 2.47. The maximum Gasteiger partial charge on any atom is 0.362 e. The van der Waals surface area contributed by atoms with E-state index >= 15 is 0 Å². The van der Waals surface area contributed by atoms with Crippen molar-refractivity contribution in [3.63, 3.8) is 0 Å². The molecule has 3 amide bonds. The molecule has 0 saturated carbocycles. The van der Waals surface area contributed by atoms with E-state index in [4.69, 9.17) is 25.4 Å². The van der Waals surface area contributed by atoms with Crippen LogP contribution in [-0.4, -0.2) is 103 Å². The predicted molar refractivity (Wildman–Crippen MR) is 239 cm³/mol. The van der Waals surface area contributed by atoms with E-state index in [-0.39, 0.29) is 35.1 Å². The van der Waals surface area contributed by atoms with Crippen LogP contribution in [0.15, 0.2) is 71.8 Å². The number of nitrogens with zero attached hydrogens (tertiary/aromatic N) is 5. The van der Waals surface area contributed by atoms with Crippen LogP contribution < -0.4 is 30.9 Å². The second kappa shape index (κ2) is 20.0. The number of carbonyl (C=O) groups is 3. The third-order valence-electron chi connectivity index (χ3n) is 11.5. The lowest BCUT2D eigenvalue weighted by molar-refractivity contribution is -0.136. The Balaban J connectivity index is 0.858. The SMILES string of the molecule is COc1cc(N2CCC(N(C)CCCCCSc3cccc4c3CN(C3CCC(=O)NC3=O)C4=O)CC2)ccc1Nc1ncc(Cl)c(Nc2ccccc2P(=O)(OC)OC)n1. The van der Waals surface area contributed by atoms with Crippen molar-refractivity contribution in [2.75, 3.05) is 69.3 Å². The van der Waals surface area contributed by atoms with Crippen LogP contribution in [0.5, 0.6) is 5.75 Å². The lowest BCUT2D eigenvalue weighted by Crippen LogP contribution is -2.52. The molecule has 3 aromatic carbocycles. The van der Waals surface area contributed by atoms with Gasteiger partial charge < -0.3 is 39.1 Å². The smallest absolute Gasteiger partial charge is 0.362 e. The van der Waals surface area contributed by atoms with E-state index < -0.39 is 13.6 Å². The molecule has 15 nitrogen and oxygen atoms in total. The number of hydrogen-bond acceptors (Lipinski definition) is 14. The summed E-state index contributed by atoms with van der Waals surface area (Å²) in [4.78, 5) is 53.9. The van der Waals surface area contributed by atoms with Gasteiger partial charge in [0.05, 0.1) is 30.0 Å². The molecular formula is C43H52ClN8O7PS. The van der Waals surface area contributed by atoms with Crippen LogP contribution >= 0.6 is 31.0 Å². The fraction of sp³-hybridized carbons (Fsp3) is 0.419. The number of halogens is 1. The lowest BCUT2D eigenvalue weighted by atomic mass is 10.0. The average molecular weight is 891 g/mol. The first-order valence-corrected chi connectivity index (χ1v) is 23.3. The zero-order valence-corrected chi connectivity index (χ0v) is 37.3. The van der Waals surface area contributed by atoms with Gasteiger partial charge in [-0.25, -0.2) is 4.98 Å². The van der Waals surface area contributed by atoms with Crippen molar-refractivity contribution in [1.29, 1.82) is 0 Å². The number of anilines is 5. The molecule has 324 valence electrons. The standard InChI is InChI=1S/C43H52ClN8O7PS/c1-50(21-8-5-9-24-61-38-14-10-11-30-31(38)27-52(42(30)55)35-17-18-39(53)48-41(35)54)28-19-22-51(23-20-28)29-15-16-33(36(25-29)57-2)47-43-45-26-32(44)40(49-43)46-34-12-6-7-13-37(34)60(56,58-3)59-4/h6-7,10-16,25-26,28,35H,5,8-9,17-24,27H2,1-4H3,(H,48,53,54)(H2,45,46,47,49). The van der Waals surface area contributed by atoms with Gasteiger partial charge in [-0.05, 0) is 93.4 Å². The number of amides is 3. The number of nitrogens with one attached hydrogen (secondary N) is 3. The Bertz CT molecular complexity index is 2290. The Labute approximate surface area is 365 Å². The number of fused-ring (bicyclic) bond motifs is 1. The number of piperidine rings is 2. The molecular weight excluding hydrogens is 839 g/mol. The first-order chi connectivity index (χ1) is 29.5. The zero-order valence-electron chi connectivity index (χ0n) is 34.8. The molecule has 1 atom stereocenters. The maximum atomic E-state index is 13.2. The topological polar surface area (TPSA) is 168 Å². The largest absolute Gasteiger partial charge is 0.494 e. The first-order valence-electron chi connectivity index (χ1n) is 20.4. The van der Waals surface area contributed by atoms with Crippen LogP contribution in [0.1, 0.15) is 60.9 Å². The summed E-state index contributed by atoms with van der Waals surface area (Å²) < 4.78 is 29.4. The number of imide groups is 1. The molecule has 61 heavy (non-hydrogen) atoms. The van der Waals surface area contributed by atoms with Crippen LogP contribution in [0.2, 0.25) is 5.02 Å². The second-order valence-corrected chi connectivity index (χ2v) is 18.9. The van der Waals surface area contributed by atoms with Crippen LogP contribution in [0.25, 0.3) is 0 Å². The molecule has 2 saturated heterocycles. The Morgan fingerprint density at radius 1 is 0.951 bits per heavy atom. The molecule has 4 heterocycles. The van der Waals surface area contributed by atoms with Crippen molar-refractivity contribution in [2.45, 2.75) is 68.5 Å². The van der Waals surface area contributed by atoms with Gasteiger partial charge in [-0.3, -0.25) is 24.3 Å². The minimum Gasteiger partial charge on any atom is -0.494 e. The number of thioether (sulfide) groups is 1. The monoisotopic (exact) mass is 890 g/mol. The van der Waals surface area contributed by atoms with Gasteiger partial charge >= 0.3 is 7.60 Å². The number of ether oxygens (including phenoxy) is 1. The van der Waals surface area contributed by atoms with Crippen molar-refractivity contribution in [1.82, 2.24) is 25.1 Å². The van der Waals surface area contributed by atoms with Gasteiger partial charge in [0, 0.05) is 68.5 Å². The fourth-order valence-electron chi connectivity index (χ4n) is 8.09. The number of para-hydroxylation sites is 1. The zero-order chi connectivity index (χ0) is 43.1. The van der Waals surface area contributed by atoms with E-state index in [1.807, 2.05) is 24.3 Å². The predicted octanol–water partition coefficient (Wildman–Crippen LogP) is 7.36. The number of methoxy groups -OCH3 is 1. The first kappa shape index (κ1) is 44.4. The van der Waals surface area contributed by atoms with Crippen molar-refractivity contribution in [2.24, 2.45) is 0 Å². The van der Waals surface area contributed by atoms with E-state index in [0.717, 1.165) is 73.6 Å². The number of unbranched alkanes of at least 4 members (excludes halogenated alkanes) is 2. The molecule has 1 unspecified atom stereocenters. The second-order valence-electron chi connectivity index (χ2n) is 15.2. The third-order valence-corrected chi connectivity index (χ3v) is 14.9. The van der Waals surface area contributed by atoms with Crippen LogP contribution in [-0.2, 0) is 29.7 Å². The molecule has 3 aliphatic heterocycles. The van der Waals surface area contributed by atoms with E-state index in [9.17, 15) is 18.9 Å². The van der Waals surface area contributed by atoms with E-state index in [2.05, 4.69) is 54.9 Å². The normalized spacial score (nSPS) is 17.1. The van der Waals surface area contributed by atoms with E-state index in [0.29, 0.717) is 52.8 Å². The minimum atomic E-state index is -3.56. The van der Waals surface area contributed by atoms with Crippen molar-refractivity contribution < 1.29 is 32.7 Å². The van der Waals surface area contributed by atoms with Gasteiger partial charge in [-0.15, -0.1) is 11.8 Å². The maximum absolute atomic E-state index is 13.2. The number of rotatable bonds is 18. The summed E-state index contributed by atoms with van der Waals surface area (Å²) >= 11 is 8.26. The number of carbonyl (C=O) groups excluding carboxylic acids is 3.